The molecule has 0 aliphatic carbocycles. The van der Waals surface area contributed by atoms with Gasteiger partial charge < -0.3 is 5.11 Å². The van der Waals surface area contributed by atoms with Gasteiger partial charge in [-0.1, -0.05) is 0 Å². The second-order valence-electron chi connectivity index (χ2n) is 4.73. The molecule has 0 saturated heterocycles. The van der Waals surface area contributed by atoms with E-state index in [1.54, 1.807) is 26.2 Å². The van der Waals surface area contributed by atoms with Gasteiger partial charge in [-0.15, -0.1) is 5.10 Å². The molecule has 19 heavy (non-hydrogen) atoms. The number of carboxylic acid groups (broad SMARTS) is 1. The third-order valence-electron chi connectivity index (χ3n) is 2.97. The number of hydrogen-bond acceptors (Lipinski definition) is 5. The first-order valence-electron chi connectivity index (χ1n) is 5.92. The Bertz CT molecular complexity index is 565. The normalized spacial score (nSPS) is 11.5. The van der Waals surface area contributed by atoms with E-state index in [2.05, 4.69) is 20.5 Å². The quantitative estimate of drug-likeness (QED) is 0.850. The molecule has 0 aliphatic heterocycles. The summed E-state index contributed by atoms with van der Waals surface area (Å²) in [5.74, 6) is -0.408. The van der Waals surface area contributed by atoms with Crippen molar-refractivity contribution in [2.45, 2.75) is 32.2 Å². The van der Waals surface area contributed by atoms with Crippen molar-refractivity contribution in [3.8, 4) is 0 Å². The Hall–Kier alpha value is -2.31. The summed E-state index contributed by atoms with van der Waals surface area (Å²) in [6.07, 6.45) is 4.76. The monoisotopic (exact) mass is 261 g/mol. The van der Waals surface area contributed by atoms with Crippen LogP contribution in [0.15, 0.2) is 24.5 Å². The predicted molar refractivity (Wildman–Crippen MR) is 66.4 cm³/mol. The number of hydrogen-bond donors (Lipinski definition) is 1. The third kappa shape index (κ3) is 2.75. The first-order chi connectivity index (χ1) is 9.01. The minimum absolute atomic E-state index is 0.559. The smallest absolute Gasteiger partial charge is 0.331 e. The highest BCUT2D eigenvalue weighted by Crippen LogP contribution is 2.16. The third-order valence-corrected chi connectivity index (χ3v) is 2.97. The fourth-order valence-electron chi connectivity index (χ4n) is 1.69. The van der Waals surface area contributed by atoms with Crippen LogP contribution in [-0.4, -0.2) is 36.3 Å². The average Bonchev–Trinajstić information content (AvgIpc) is 2.86. The zero-order valence-electron chi connectivity index (χ0n) is 10.8. The Morgan fingerprint density at radius 2 is 2.00 bits per heavy atom. The van der Waals surface area contributed by atoms with Gasteiger partial charge in [0.25, 0.3) is 0 Å². The fourth-order valence-corrected chi connectivity index (χ4v) is 1.69. The standard InChI is InChI=1S/C12H15N5O2/c1-12(2,11(18)19)17-10(14-15-16-17)4-3-9-5-7-13-8-6-9/h5-8H,3-4H2,1-2H3,(H,18,19). The van der Waals surface area contributed by atoms with Gasteiger partial charge in [-0.05, 0) is 48.4 Å². The van der Waals surface area contributed by atoms with E-state index < -0.39 is 11.5 Å². The van der Waals surface area contributed by atoms with Crippen LogP contribution in [0.1, 0.15) is 25.2 Å². The van der Waals surface area contributed by atoms with Crippen molar-refractivity contribution in [1.82, 2.24) is 25.2 Å². The van der Waals surface area contributed by atoms with Gasteiger partial charge >= 0.3 is 5.97 Å². The molecule has 2 rings (SSSR count). The van der Waals surface area contributed by atoms with Crippen molar-refractivity contribution in [3.05, 3.63) is 35.9 Å². The Balaban J connectivity index is 2.15. The zero-order valence-corrected chi connectivity index (χ0v) is 10.8. The first-order valence-corrected chi connectivity index (χ1v) is 5.92. The van der Waals surface area contributed by atoms with Crippen molar-refractivity contribution in [1.29, 1.82) is 0 Å². The number of carbonyl (C=O) groups is 1. The van der Waals surface area contributed by atoms with Gasteiger partial charge in [-0.25, -0.2) is 9.48 Å². The molecule has 0 aromatic carbocycles. The molecule has 0 spiro atoms. The van der Waals surface area contributed by atoms with Gasteiger partial charge in [0.05, 0.1) is 0 Å². The van der Waals surface area contributed by atoms with E-state index in [4.69, 9.17) is 0 Å². The van der Waals surface area contributed by atoms with Gasteiger partial charge in [0, 0.05) is 18.8 Å². The molecule has 0 fully saturated rings. The number of aliphatic carboxylic acids is 1. The minimum atomic E-state index is -1.16. The summed E-state index contributed by atoms with van der Waals surface area (Å²) in [5.41, 5.74) is -0.0467. The topological polar surface area (TPSA) is 93.8 Å². The van der Waals surface area contributed by atoms with Crippen LogP contribution in [0.25, 0.3) is 0 Å². The molecule has 0 atom stereocenters. The van der Waals surface area contributed by atoms with Crippen molar-refractivity contribution < 1.29 is 9.90 Å². The molecule has 7 nitrogen and oxygen atoms in total. The van der Waals surface area contributed by atoms with Crippen LogP contribution in [0.5, 0.6) is 0 Å². The average molecular weight is 261 g/mol. The molecule has 0 bridgehead atoms. The van der Waals surface area contributed by atoms with Gasteiger partial charge in [0.1, 0.15) is 0 Å². The zero-order chi connectivity index (χ0) is 13.9. The van der Waals surface area contributed by atoms with E-state index in [0.29, 0.717) is 12.2 Å². The lowest BCUT2D eigenvalue weighted by molar-refractivity contribution is -0.146. The van der Waals surface area contributed by atoms with E-state index in [1.165, 1.54) is 4.68 Å². The number of tetrazole rings is 1. The molecule has 0 radical (unpaired) electrons. The van der Waals surface area contributed by atoms with Crippen molar-refractivity contribution in [2.75, 3.05) is 0 Å². The van der Waals surface area contributed by atoms with Crippen LogP contribution in [0.2, 0.25) is 0 Å². The number of pyridine rings is 1. The summed E-state index contributed by atoms with van der Waals surface area (Å²) >= 11 is 0. The lowest BCUT2D eigenvalue weighted by Crippen LogP contribution is -2.38. The van der Waals surface area contributed by atoms with Crippen LogP contribution >= 0.6 is 0 Å². The summed E-state index contributed by atoms with van der Waals surface area (Å²) in [7, 11) is 0. The second kappa shape index (κ2) is 5.13. The lowest BCUT2D eigenvalue weighted by atomic mass is 10.1. The van der Waals surface area contributed by atoms with Crippen LogP contribution in [0.3, 0.4) is 0 Å². The number of aryl methyl sites for hydroxylation is 2. The highest BCUT2D eigenvalue weighted by molar-refractivity contribution is 5.75. The van der Waals surface area contributed by atoms with Gasteiger partial charge in [0.15, 0.2) is 11.4 Å². The largest absolute Gasteiger partial charge is 0.479 e. The van der Waals surface area contributed by atoms with Crippen LogP contribution in [0.4, 0.5) is 0 Å². The van der Waals surface area contributed by atoms with Crippen LogP contribution < -0.4 is 0 Å². The number of nitrogens with zero attached hydrogens (tertiary/aromatic N) is 5. The Labute approximate surface area is 110 Å². The van der Waals surface area contributed by atoms with E-state index in [1.807, 2.05) is 12.1 Å². The Morgan fingerprint density at radius 1 is 1.32 bits per heavy atom. The highest BCUT2D eigenvalue weighted by Gasteiger charge is 2.33. The summed E-state index contributed by atoms with van der Waals surface area (Å²) in [6, 6.07) is 3.83. The van der Waals surface area contributed by atoms with Crippen molar-refractivity contribution in [2.24, 2.45) is 0 Å². The van der Waals surface area contributed by atoms with Crippen LogP contribution in [-0.2, 0) is 23.2 Å². The second-order valence-corrected chi connectivity index (χ2v) is 4.73. The van der Waals surface area contributed by atoms with Gasteiger partial charge in [-0.3, -0.25) is 4.98 Å². The Kier molecular flexibility index (Phi) is 3.55. The van der Waals surface area contributed by atoms with E-state index >= 15 is 0 Å². The fraction of sp³-hybridized carbons (Fsp3) is 0.417. The molecule has 2 aromatic rings. The molecular formula is C12H15N5O2. The molecule has 2 heterocycles. The molecule has 7 heteroatoms. The number of rotatable bonds is 5. The molecule has 0 saturated carbocycles. The Morgan fingerprint density at radius 3 is 2.63 bits per heavy atom. The molecule has 0 unspecified atom stereocenters. The highest BCUT2D eigenvalue weighted by atomic mass is 16.4. The van der Waals surface area contributed by atoms with Gasteiger partial charge in [0.2, 0.25) is 0 Å². The summed E-state index contributed by atoms with van der Waals surface area (Å²) in [6.45, 7) is 3.14. The maximum Gasteiger partial charge on any atom is 0.331 e. The number of aromatic nitrogens is 5. The van der Waals surface area contributed by atoms with E-state index in [9.17, 15) is 9.90 Å². The predicted octanol–water partition coefficient (Wildman–Crippen LogP) is 0.673. The molecular weight excluding hydrogens is 246 g/mol. The molecule has 2 aromatic heterocycles. The van der Waals surface area contributed by atoms with Crippen molar-refractivity contribution in [3.63, 3.8) is 0 Å². The molecule has 0 aliphatic rings. The van der Waals surface area contributed by atoms with Gasteiger partial charge in [-0.2, -0.15) is 0 Å². The lowest BCUT2D eigenvalue weighted by Gasteiger charge is -2.20. The summed E-state index contributed by atoms with van der Waals surface area (Å²) < 4.78 is 1.36. The SMILES string of the molecule is CC(C)(C(=O)O)n1nnnc1CCc1ccncc1. The van der Waals surface area contributed by atoms with Crippen LogP contribution in [0, 0.1) is 0 Å². The van der Waals surface area contributed by atoms with Crippen molar-refractivity contribution >= 4 is 5.97 Å². The molecule has 1 N–H and O–H groups in total. The maximum absolute atomic E-state index is 11.2. The molecule has 100 valence electrons. The van der Waals surface area contributed by atoms with E-state index in [-0.39, 0.29) is 0 Å². The summed E-state index contributed by atoms with van der Waals surface area (Å²) in [5, 5.41) is 20.5. The molecule has 0 amide bonds. The van der Waals surface area contributed by atoms with E-state index in [0.717, 1.165) is 12.0 Å². The summed E-state index contributed by atoms with van der Waals surface area (Å²) in [4.78, 5) is 15.2. The first kappa shape index (κ1) is 13.1. The maximum atomic E-state index is 11.2. The number of carboxylic acids is 1. The minimum Gasteiger partial charge on any atom is -0.479 e.